The van der Waals surface area contributed by atoms with Crippen molar-refractivity contribution in [2.75, 3.05) is 0 Å². The number of benzene rings is 1. The molecule has 2 radical (unpaired) electrons. The van der Waals surface area contributed by atoms with Crippen molar-refractivity contribution in [1.29, 1.82) is 0 Å². The molecule has 1 aromatic carbocycles. The number of carbonyl (C=O) groups is 1. The van der Waals surface area contributed by atoms with Gasteiger partial charge in [-0.2, -0.15) is 4.89 Å². The second-order valence-corrected chi connectivity index (χ2v) is 3.22. The lowest BCUT2D eigenvalue weighted by Gasteiger charge is -2.04. The Morgan fingerprint density at radius 2 is 2.13 bits per heavy atom. The normalized spacial score (nSPS) is 10.1. The lowest BCUT2D eigenvalue weighted by atomic mass is 10.1. The highest BCUT2D eigenvalue weighted by atomic mass is 17.2. The molecular weight excluding hydrogens is 192 g/mol. The second kappa shape index (κ2) is 5.51. The van der Waals surface area contributed by atoms with Gasteiger partial charge >= 0.3 is 5.97 Å². The zero-order valence-electron chi connectivity index (χ0n) is 8.95. The summed E-state index contributed by atoms with van der Waals surface area (Å²) in [6.45, 7) is 8.75. The van der Waals surface area contributed by atoms with Gasteiger partial charge in [-0.15, -0.1) is 0 Å². The van der Waals surface area contributed by atoms with Crippen molar-refractivity contribution in [3.8, 4) is 0 Å². The van der Waals surface area contributed by atoms with Gasteiger partial charge in [-0.25, -0.2) is 4.79 Å². The summed E-state index contributed by atoms with van der Waals surface area (Å²) in [5.74, 6) is -0.497. The lowest BCUT2D eigenvalue weighted by molar-refractivity contribution is -0.212. The molecule has 0 amide bonds. The maximum absolute atomic E-state index is 11.4. The van der Waals surface area contributed by atoms with Gasteiger partial charge in [0.1, 0.15) is 6.61 Å². The summed E-state index contributed by atoms with van der Waals surface area (Å²) >= 11 is 0. The Hall–Kier alpha value is -1.35. The average molecular weight is 206 g/mol. The summed E-state index contributed by atoms with van der Waals surface area (Å²) in [7, 11) is 0. The Morgan fingerprint density at radius 3 is 2.73 bits per heavy atom. The zero-order valence-corrected chi connectivity index (χ0v) is 8.95. The Kier molecular flexibility index (Phi) is 4.31. The fraction of sp³-hybridized carbons (Fsp3) is 0.250. The van der Waals surface area contributed by atoms with Crippen molar-refractivity contribution < 1.29 is 14.6 Å². The molecule has 0 atom stereocenters. The van der Waals surface area contributed by atoms with Gasteiger partial charge in [0.05, 0.1) is 5.56 Å². The summed E-state index contributed by atoms with van der Waals surface area (Å²) in [5.41, 5.74) is 2.66. The average Bonchev–Trinajstić information content (AvgIpc) is 2.22. The molecule has 0 heterocycles. The van der Waals surface area contributed by atoms with E-state index in [1.165, 1.54) is 6.61 Å². The molecule has 0 aliphatic rings. The van der Waals surface area contributed by atoms with Gasteiger partial charge in [-0.3, -0.25) is 4.89 Å². The Morgan fingerprint density at radius 1 is 1.40 bits per heavy atom. The second-order valence-electron chi connectivity index (χ2n) is 3.22. The first-order valence-corrected chi connectivity index (χ1v) is 4.71. The topological polar surface area (TPSA) is 35.5 Å². The van der Waals surface area contributed by atoms with E-state index in [2.05, 4.69) is 16.7 Å². The molecule has 0 unspecified atom stereocenters. The lowest BCUT2D eigenvalue weighted by Crippen LogP contribution is -2.05. The highest BCUT2D eigenvalue weighted by Crippen LogP contribution is 2.11. The molecule has 0 aliphatic carbocycles. The molecule has 3 heteroatoms. The van der Waals surface area contributed by atoms with Gasteiger partial charge in [0.25, 0.3) is 0 Å². The molecule has 0 N–H and O–H groups in total. The van der Waals surface area contributed by atoms with E-state index in [4.69, 9.17) is 0 Å². The van der Waals surface area contributed by atoms with Crippen LogP contribution in [-0.2, 0) is 9.78 Å². The SMILES string of the molecule is [CH2]C[CH]OOC(=O)c1ccc(C)c(C)c1. The van der Waals surface area contributed by atoms with Crippen molar-refractivity contribution in [2.24, 2.45) is 0 Å². The van der Waals surface area contributed by atoms with Crippen molar-refractivity contribution >= 4 is 5.97 Å². The van der Waals surface area contributed by atoms with Crippen molar-refractivity contribution in [2.45, 2.75) is 20.3 Å². The number of aryl methyl sites for hydroxylation is 2. The highest BCUT2D eigenvalue weighted by molar-refractivity contribution is 5.89. The third-order valence-corrected chi connectivity index (χ3v) is 2.05. The molecule has 0 aliphatic heterocycles. The van der Waals surface area contributed by atoms with Crippen LogP contribution in [0.2, 0.25) is 0 Å². The molecule has 0 saturated carbocycles. The van der Waals surface area contributed by atoms with E-state index in [-0.39, 0.29) is 0 Å². The van der Waals surface area contributed by atoms with Crippen LogP contribution in [0.25, 0.3) is 0 Å². The summed E-state index contributed by atoms with van der Waals surface area (Å²) in [6.07, 6.45) is 0.445. The quantitative estimate of drug-likeness (QED) is 0.431. The van der Waals surface area contributed by atoms with Crippen LogP contribution in [0.1, 0.15) is 27.9 Å². The van der Waals surface area contributed by atoms with Crippen LogP contribution >= 0.6 is 0 Å². The molecular formula is C12H14O3. The van der Waals surface area contributed by atoms with Crippen molar-refractivity contribution in [3.63, 3.8) is 0 Å². The van der Waals surface area contributed by atoms with E-state index in [9.17, 15) is 4.79 Å². The predicted octanol–water partition coefficient (Wildman–Crippen LogP) is 2.78. The third-order valence-electron chi connectivity index (χ3n) is 2.05. The Labute approximate surface area is 89.9 Å². The van der Waals surface area contributed by atoms with Crippen LogP contribution in [0, 0.1) is 27.4 Å². The first-order chi connectivity index (χ1) is 7.15. The monoisotopic (exact) mass is 206 g/mol. The summed E-state index contributed by atoms with van der Waals surface area (Å²) in [4.78, 5) is 20.5. The summed E-state index contributed by atoms with van der Waals surface area (Å²) in [6, 6.07) is 5.35. The number of hydrogen-bond donors (Lipinski definition) is 0. The molecule has 0 spiro atoms. The molecule has 0 aromatic heterocycles. The molecule has 15 heavy (non-hydrogen) atoms. The number of rotatable bonds is 4. The smallest absolute Gasteiger partial charge is 0.292 e. The van der Waals surface area contributed by atoms with Gasteiger partial charge in [0.2, 0.25) is 0 Å². The minimum atomic E-state index is -0.497. The van der Waals surface area contributed by atoms with E-state index in [1.54, 1.807) is 12.1 Å². The highest BCUT2D eigenvalue weighted by Gasteiger charge is 2.08. The first kappa shape index (κ1) is 11.7. The molecule has 0 bridgehead atoms. The fourth-order valence-electron chi connectivity index (χ4n) is 1.04. The predicted molar refractivity (Wildman–Crippen MR) is 56.7 cm³/mol. The number of hydrogen-bond acceptors (Lipinski definition) is 3. The Balaban J connectivity index is 2.62. The van der Waals surface area contributed by atoms with Gasteiger partial charge in [-0.1, -0.05) is 13.0 Å². The maximum Gasteiger partial charge on any atom is 0.373 e. The van der Waals surface area contributed by atoms with E-state index < -0.39 is 5.97 Å². The zero-order chi connectivity index (χ0) is 11.3. The molecule has 3 nitrogen and oxygen atoms in total. The van der Waals surface area contributed by atoms with E-state index >= 15 is 0 Å². The van der Waals surface area contributed by atoms with Crippen LogP contribution < -0.4 is 0 Å². The molecule has 1 rings (SSSR count). The van der Waals surface area contributed by atoms with Gasteiger partial charge in [-0.05, 0) is 43.5 Å². The van der Waals surface area contributed by atoms with Crippen molar-refractivity contribution in [3.05, 3.63) is 48.4 Å². The van der Waals surface area contributed by atoms with Crippen LogP contribution in [0.5, 0.6) is 0 Å². The van der Waals surface area contributed by atoms with Gasteiger partial charge < -0.3 is 0 Å². The van der Waals surface area contributed by atoms with Crippen LogP contribution in [0.4, 0.5) is 0 Å². The van der Waals surface area contributed by atoms with Crippen LogP contribution in [-0.4, -0.2) is 5.97 Å². The van der Waals surface area contributed by atoms with E-state index in [1.807, 2.05) is 19.9 Å². The van der Waals surface area contributed by atoms with E-state index in [0.717, 1.165) is 11.1 Å². The van der Waals surface area contributed by atoms with Gasteiger partial charge in [0, 0.05) is 0 Å². The molecule has 1 aromatic rings. The molecule has 80 valence electrons. The third kappa shape index (κ3) is 3.36. The van der Waals surface area contributed by atoms with Crippen molar-refractivity contribution in [1.82, 2.24) is 0 Å². The Bertz CT molecular complexity index is 345. The first-order valence-electron chi connectivity index (χ1n) is 4.71. The standard InChI is InChI=1S/C12H14O3/c1-4-7-14-15-12(13)11-6-5-9(2)10(3)8-11/h5-8H,1,4H2,2-3H3. The van der Waals surface area contributed by atoms with Crippen LogP contribution in [0.3, 0.4) is 0 Å². The maximum atomic E-state index is 11.4. The summed E-state index contributed by atoms with van der Waals surface area (Å²) in [5, 5.41) is 0. The fourth-order valence-corrected chi connectivity index (χ4v) is 1.04. The minimum Gasteiger partial charge on any atom is -0.292 e. The largest absolute Gasteiger partial charge is 0.373 e. The van der Waals surface area contributed by atoms with E-state index in [0.29, 0.717) is 12.0 Å². The van der Waals surface area contributed by atoms with Crippen LogP contribution in [0.15, 0.2) is 18.2 Å². The summed E-state index contributed by atoms with van der Waals surface area (Å²) < 4.78 is 0. The molecule has 0 saturated heterocycles. The van der Waals surface area contributed by atoms with Gasteiger partial charge in [0.15, 0.2) is 0 Å². The minimum absolute atomic E-state index is 0.445. The number of carbonyl (C=O) groups excluding carboxylic acids is 1. The molecule has 0 fully saturated rings.